The molecular formula is C17H19F3N2O5S. The van der Waals surface area contributed by atoms with Gasteiger partial charge in [-0.1, -0.05) is 11.6 Å². The summed E-state index contributed by atoms with van der Waals surface area (Å²) in [5.41, 5.74) is -1.18. The Morgan fingerprint density at radius 1 is 1.32 bits per heavy atom. The average molecular weight is 420 g/mol. The summed E-state index contributed by atoms with van der Waals surface area (Å²) in [6, 6.07) is 2.11. The number of carbonyl (C=O) groups excluding carboxylic acids is 1. The van der Waals surface area contributed by atoms with Gasteiger partial charge in [-0.25, -0.2) is 8.42 Å². The molecule has 1 aliphatic rings. The van der Waals surface area contributed by atoms with Crippen LogP contribution in [0.25, 0.3) is 5.57 Å². The molecular weight excluding hydrogens is 401 g/mol. The maximum atomic E-state index is 13.0. The topological polar surface area (TPSA) is 96.3 Å². The van der Waals surface area contributed by atoms with Crippen molar-refractivity contribution >= 4 is 27.2 Å². The first-order valence-corrected chi connectivity index (χ1v) is 9.94. The number of amides is 1. The van der Waals surface area contributed by atoms with Crippen molar-refractivity contribution < 1.29 is 36.3 Å². The van der Waals surface area contributed by atoms with Gasteiger partial charge >= 0.3 is 6.18 Å². The van der Waals surface area contributed by atoms with Gasteiger partial charge in [0.05, 0.1) is 10.5 Å². The quantitative estimate of drug-likeness (QED) is 0.756. The molecule has 28 heavy (non-hydrogen) atoms. The van der Waals surface area contributed by atoms with Gasteiger partial charge in [-0.3, -0.25) is 15.0 Å². The molecule has 0 saturated heterocycles. The first-order chi connectivity index (χ1) is 12.9. The number of rotatable bonds is 4. The van der Waals surface area contributed by atoms with Crippen molar-refractivity contribution in [1.29, 1.82) is 0 Å². The van der Waals surface area contributed by atoms with Crippen LogP contribution in [0.4, 0.5) is 13.2 Å². The first-order valence-electron chi connectivity index (χ1n) is 8.05. The largest absolute Gasteiger partial charge is 0.416 e. The number of carbonyl (C=O) groups is 1. The van der Waals surface area contributed by atoms with E-state index in [0.717, 1.165) is 12.3 Å². The number of halogens is 3. The summed E-state index contributed by atoms with van der Waals surface area (Å²) in [5, 5.41) is 10.4. The van der Waals surface area contributed by atoms with Crippen molar-refractivity contribution in [3.05, 3.63) is 34.9 Å². The highest BCUT2D eigenvalue weighted by Gasteiger charge is 2.34. The summed E-state index contributed by atoms with van der Waals surface area (Å²) in [7, 11) is -2.78. The molecule has 1 aromatic carbocycles. The number of amidine groups is 1. The highest BCUT2D eigenvalue weighted by atomic mass is 32.2. The van der Waals surface area contributed by atoms with Crippen molar-refractivity contribution in [1.82, 2.24) is 5.06 Å². The third-order valence-electron chi connectivity index (χ3n) is 4.11. The van der Waals surface area contributed by atoms with Crippen molar-refractivity contribution in [3.63, 3.8) is 0 Å². The number of benzene rings is 1. The number of hydrogen-bond donors (Lipinski definition) is 1. The summed E-state index contributed by atoms with van der Waals surface area (Å²) in [6.45, 7) is 1.52. The van der Waals surface area contributed by atoms with Gasteiger partial charge in [0.15, 0.2) is 15.7 Å². The highest BCUT2D eigenvalue weighted by Crippen LogP contribution is 2.35. The van der Waals surface area contributed by atoms with E-state index in [-0.39, 0.29) is 41.6 Å². The number of aliphatic imine (C=N–C) groups is 1. The Morgan fingerprint density at radius 3 is 2.50 bits per heavy atom. The third-order valence-corrected chi connectivity index (χ3v) is 5.25. The van der Waals surface area contributed by atoms with Gasteiger partial charge in [-0.2, -0.15) is 18.2 Å². The van der Waals surface area contributed by atoms with E-state index in [1.807, 2.05) is 0 Å². The van der Waals surface area contributed by atoms with Crippen LogP contribution in [0.1, 0.15) is 24.5 Å². The first kappa shape index (κ1) is 22.1. The molecule has 1 heterocycles. The highest BCUT2D eigenvalue weighted by molar-refractivity contribution is 7.90. The molecule has 0 unspecified atom stereocenters. The number of sulfone groups is 1. The van der Waals surface area contributed by atoms with Gasteiger partial charge in [0.2, 0.25) is 0 Å². The number of hydrogen-bond acceptors (Lipinski definition) is 6. The molecule has 0 radical (unpaired) electrons. The molecule has 0 bridgehead atoms. The molecule has 1 amide bonds. The lowest BCUT2D eigenvalue weighted by Crippen LogP contribution is -2.38. The van der Waals surface area contributed by atoms with Gasteiger partial charge in [0.1, 0.15) is 6.61 Å². The Hall–Kier alpha value is -2.24. The fraction of sp³-hybridized carbons (Fsp3) is 0.412. The Morgan fingerprint density at radius 2 is 1.96 bits per heavy atom. The monoisotopic (exact) mass is 420 g/mol. The fourth-order valence-corrected chi connectivity index (χ4v) is 3.65. The Balaban J connectivity index is 2.70. The smallest absolute Gasteiger partial charge is 0.377 e. The molecule has 2 rings (SSSR count). The normalized spacial score (nSPS) is 16.8. The van der Waals surface area contributed by atoms with E-state index in [1.54, 1.807) is 0 Å². The molecule has 0 aromatic heterocycles. The minimum Gasteiger partial charge on any atom is -0.377 e. The Kier molecular flexibility index (Phi) is 6.31. The predicted octanol–water partition coefficient (Wildman–Crippen LogP) is 2.55. The summed E-state index contributed by atoms with van der Waals surface area (Å²) in [6.07, 6.45) is -3.76. The zero-order valence-electron chi connectivity index (χ0n) is 15.4. The van der Waals surface area contributed by atoms with Crippen LogP contribution in [0, 0.1) is 0 Å². The van der Waals surface area contributed by atoms with Crippen LogP contribution in [0.15, 0.2) is 33.7 Å². The molecule has 0 fully saturated rings. The van der Waals surface area contributed by atoms with Crippen molar-refractivity contribution in [2.24, 2.45) is 4.99 Å². The van der Waals surface area contributed by atoms with Crippen LogP contribution in [0.3, 0.4) is 0 Å². The maximum Gasteiger partial charge on any atom is 0.416 e. The van der Waals surface area contributed by atoms with Gasteiger partial charge in [0.25, 0.3) is 5.91 Å². The van der Waals surface area contributed by atoms with Crippen LogP contribution >= 0.6 is 0 Å². The van der Waals surface area contributed by atoms with Crippen LogP contribution in [0.2, 0.25) is 0 Å². The summed E-state index contributed by atoms with van der Waals surface area (Å²) in [4.78, 5) is 16.2. The lowest BCUT2D eigenvalue weighted by Gasteiger charge is -2.24. The van der Waals surface area contributed by atoms with Gasteiger partial charge in [-0.05, 0) is 25.5 Å². The van der Waals surface area contributed by atoms with E-state index >= 15 is 0 Å². The number of methoxy groups -OCH3 is 1. The van der Waals surface area contributed by atoms with E-state index in [0.29, 0.717) is 17.7 Å². The Labute approximate surface area is 160 Å². The predicted molar refractivity (Wildman–Crippen MR) is 94.6 cm³/mol. The summed E-state index contributed by atoms with van der Waals surface area (Å²) < 4.78 is 68.4. The van der Waals surface area contributed by atoms with Crippen molar-refractivity contribution in [3.8, 4) is 0 Å². The standard InChI is InChI=1S/C17H19F3N2O5S/c1-10-6-7-21-14(9-27-2)22(24)16(23)15(10)12-5-4-11(17(18,19)20)8-13(12)28(3,25)26/h4-5,8,24H,6-7,9H2,1-3H3. The molecule has 0 saturated carbocycles. The number of alkyl halides is 3. The Bertz CT molecular complexity index is 952. The molecule has 0 aliphatic carbocycles. The van der Waals surface area contributed by atoms with E-state index in [4.69, 9.17) is 4.74 Å². The average Bonchev–Trinajstić information content (AvgIpc) is 2.58. The summed E-state index contributed by atoms with van der Waals surface area (Å²) >= 11 is 0. The van der Waals surface area contributed by atoms with Gasteiger partial charge in [0, 0.05) is 31.0 Å². The maximum absolute atomic E-state index is 13.0. The van der Waals surface area contributed by atoms with E-state index in [2.05, 4.69) is 4.99 Å². The second-order valence-electron chi connectivity index (χ2n) is 6.23. The van der Waals surface area contributed by atoms with Crippen LogP contribution in [-0.2, 0) is 25.5 Å². The van der Waals surface area contributed by atoms with E-state index < -0.39 is 32.4 Å². The molecule has 11 heteroatoms. The zero-order valence-corrected chi connectivity index (χ0v) is 16.2. The molecule has 1 aliphatic heterocycles. The molecule has 154 valence electrons. The lowest BCUT2D eigenvalue weighted by atomic mass is 9.96. The number of ether oxygens (including phenoxy) is 1. The van der Waals surface area contributed by atoms with Gasteiger partial charge < -0.3 is 4.74 Å². The SMILES string of the molecule is COCC1=NCCC(C)=C(c2ccc(C(F)(F)F)cc2S(C)(=O)=O)C(=O)N1O. The lowest BCUT2D eigenvalue weighted by molar-refractivity contribution is -0.143. The molecule has 7 nitrogen and oxygen atoms in total. The second kappa shape index (κ2) is 8.02. The summed E-state index contributed by atoms with van der Waals surface area (Å²) in [5.74, 6) is -1.09. The van der Waals surface area contributed by atoms with Crippen molar-refractivity contribution in [2.75, 3.05) is 26.5 Å². The second-order valence-corrected chi connectivity index (χ2v) is 8.22. The minimum atomic E-state index is -4.76. The van der Waals surface area contributed by atoms with E-state index in [1.165, 1.54) is 14.0 Å². The number of hydroxylamine groups is 2. The number of nitrogens with zero attached hydrogens (tertiary/aromatic N) is 2. The third kappa shape index (κ3) is 4.59. The fourth-order valence-electron chi connectivity index (χ4n) is 2.74. The molecule has 1 N–H and O–H groups in total. The van der Waals surface area contributed by atoms with E-state index in [9.17, 15) is 31.6 Å². The van der Waals surface area contributed by atoms with Crippen LogP contribution < -0.4 is 0 Å². The molecule has 1 aromatic rings. The van der Waals surface area contributed by atoms with Gasteiger partial charge in [-0.15, -0.1) is 0 Å². The zero-order chi connectivity index (χ0) is 21.3. The molecule has 0 atom stereocenters. The minimum absolute atomic E-state index is 0.0923. The molecule has 0 spiro atoms. The van der Waals surface area contributed by atoms with Crippen LogP contribution in [0.5, 0.6) is 0 Å². The van der Waals surface area contributed by atoms with Crippen molar-refractivity contribution in [2.45, 2.75) is 24.4 Å². The van der Waals surface area contributed by atoms with Crippen LogP contribution in [-0.4, -0.2) is 56.9 Å².